The number of nitrogens with zero attached hydrogens (tertiary/aromatic N) is 1. The molecule has 0 radical (unpaired) electrons. The second-order valence-corrected chi connectivity index (χ2v) is 7.82. The van der Waals surface area contributed by atoms with E-state index in [9.17, 15) is 17.6 Å². The van der Waals surface area contributed by atoms with Crippen molar-refractivity contribution < 1.29 is 17.6 Å². The minimum Gasteiger partial charge on any atom is -0.323 e. The normalized spacial score (nSPS) is 20.0. The molecule has 1 aliphatic heterocycles. The maximum Gasteiger partial charge on any atom is 0.256 e. The van der Waals surface area contributed by atoms with E-state index < -0.39 is 27.6 Å². The zero-order chi connectivity index (χ0) is 15.6. The molecule has 1 atom stereocenters. The Morgan fingerprint density at radius 1 is 1.52 bits per heavy atom. The molecule has 1 aliphatic rings. The molecule has 112 valence electrons. The van der Waals surface area contributed by atoms with Crippen molar-refractivity contribution in [3.05, 3.63) is 34.1 Å². The van der Waals surface area contributed by atoms with E-state index in [0.717, 1.165) is 0 Å². The van der Waals surface area contributed by atoms with Gasteiger partial charge in [0, 0.05) is 6.04 Å². The summed E-state index contributed by atoms with van der Waals surface area (Å²) in [5.41, 5.74) is 0.134. The van der Waals surface area contributed by atoms with Gasteiger partial charge in [-0.15, -0.1) is 6.42 Å². The van der Waals surface area contributed by atoms with E-state index in [2.05, 4.69) is 21.9 Å². The first-order valence-electron chi connectivity index (χ1n) is 6.24. The van der Waals surface area contributed by atoms with Crippen molar-refractivity contribution in [3.63, 3.8) is 0 Å². The molecule has 1 unspecified atom stereocenters. The standard InChI is InChI=1S/C14H13BrFNO3S/c1-2-7-17(10-6-8-21(19,20)9-10)14(18)11-4-3-5-12(16)13(11)15/h1,3-5,10H,6-9H2. The van der Waals surface area contributed by atoms with Crippen LogP contribution in [0.5, 0.6) is 0 Å². The van der Waals surface area contributed by atoms with Crippen LogP contribution >= 0.6 is 15.9 Å². The summed E-state index contributed by atoms with van der Waals surface area (Å²) in [5.74, 6) is 1.27. The molecule has 7 heteroatoms. The highest BCUT2D eigenvalue weighted by molar-refractivity contribution is 9.10. The molecular formula is C14H13BrFNO3S. The van der Waals surface area contributed by atoms with Crippen LogP contribution in [0.2, 0.25) is 0 Å². The van der Waals surface area contributed by atoms with Crippen molar-refractivity contribution in [2.24, 2.45) is 0 Å². The SMILES string of the molecule is C#CCN(C(=O)c1cccc(F)c1Br)C1CCS(=O)(=O)C1. The van der Waals surface area contributed by atoms with Crippen molar-refractivity contribution in [3.8, 4) is 12.3 Å². The van der Waals surface area contributed by atoms with Crippen LogP contribution in [0.25, 0.3) is 0 Å². The Kier molecular flexibility index (Phi) is 4.69. The molecule has 0 aromatic heterocycles. The van der Waals surface area contributed by atoms with Crippen LogP contribution in [0, 0.1) is 18.2 Å². The molecule has 1 saturated heterocycles. The molecule has 1 aromatic carbocycles. The Morgan fingerprint density at radius 3 is 2.81 bits per heavy atom. The fraction of sp³-hybridized carbons (Fsp3) is 0.357. The number of rotatable bonds is 3. The fourth-order valence-electron chi connectivity index (χ4n) is 2.31. The van der Waals surface area contributed by atoms with Crippen molar-refractivity contribution in [2.75, 3.05) is 18.1 Å². The van der Waals surface area contributed by atoms with Gasteiger partial charge in [-0.2, -0.15) is 0 Å². The van der Waals surface area contributed by atoms with Gasteiger partial charge < -0.3 is 4.90 Å². The first-order chi connectivity index (χ1) is 9.85. The molecular weight excluding hydrogens is 361 g/mol. The Labute approximate surface area is 131 Å². The lowest BCUT2D eigenvalue weighted by molar-refractivity contribution is 0.0723. The second kappa shape index (κ2) is 6.16. The van der Waals surface area contributed by atoms with Crippen LogP contribution in [-0.2, 0) is 9.84 Å². The van der Waals surface area contributed by atoms with Crippen LogP contribution in [0.3, 0.4) is 0 Å². The molecule has 1 fully saturated rings. The molecule has 1 heterocycles. The average Bonchev–Trinajstić information content (AvgIpc) is 2.78. The predicted molar refractivity (Wildman–Crippen MR) is 81.0 cm³/mol. The largest absolute Gasteiger partial charge is 0.323 e. The zero-order valence-corrected chi connectivity index (χ0v) is 13.5. The number of amides is 1. The number of carbonyl (C=O) groups is 1. The number of hydrogen-bond donors (Lipinski definition) is 0. The first-order valence-corrected chi connectivity index (χ1v) is 8.86. The lowest BCUT2D eigenvalue weighted by Crippen LogP contribution is -2.41. The third-order valence-corrected chi connectivity index (χ3v) is 5.91. The van der Waals surface area contributed by atoms with E-state index in [4.69, 9.17) is 6.42 Å². The molecule has 1 amide bonds. The van der Waals surface area contributed by atoms with Gasteiger partial charge in [0.2, 0.25) is 0 Å². The van der Waals surface area contributed by atoms with Crippen molar-refractivity contribution in [1.29, 1.82) is 0 Å². The summed E-state index contributed by atoms with van der Waals surface area (Å²) in [5, 5.41) is 0. The van der Waals surface area contributed by atoms with Gasteiger partial charge in [-0.05, 0) is 34.5 Å². The number of carbonyl (C=O) groups excluding carboxylic acids is 1. The molecule has 21 heavy (non-hydrogen) atoms. The summed E-state index contributed by atoms with van der Waals surface area (Å²) in [4.78, 5) is 13.9. The van der Waals surface area contributed by atoms with Crippen LogP contribution in [0.15, 0.2) is 22.7 Å². The lowest BCUT2D eigenvalue weighted by Gasteiger charge is -2.26. The summed E-state index contributed by atoms with van der Waals surface area (Å²) in [6, 6.07) is 3.66. The van der Waals surface area contributed by atoms with Gasteiger partial charge in [0.25, 0.3) is 5.91 Å². The Balaban J connectivity index is 2.33. The van der Waals surface area contributed by atoms with E-state index in [1.807, 2.05) is 0 Å². The molecule has 0 aliphatic carbocycles. The van der Waals surface area contributed by atoms with Crippen LogP contribution in [0.4, 0.5) is 4.39 Å². The van der Waals surface area contributed by atoms with E-state index >= 15 is 0 Å². The maximum atomic E-state index is 13.5. The third kappa shape index (κ3) is 3.44. The quantitative estimate of drug-likeness (QED) is 0.759. The molecule has 0 bridgehead atoms. The third-order valence-electron chi connectivity index (χ3n) is 3.35. The predicted octanol–water partition coefficient (Wildman–Crippen LogP) is 1.85. The number of sulfone groups is 1. The fourth-order valence-corrected chi connectivity index (χ4v) is 4.47. The Hall–Kier alpha value is -1.39. The van der Waals surface area contributed by atoms with Crippen molar-refractivity contribution >= 4 is 31.7 Å². The van der Waals surface area contributed by atoms with Gasteiger partial charge >= 0.3 is 0 Å². The Morgan fingerprint density at radius 2 is 2.24 bits per heavy atom. The van der Waals surface area contributed by atoms with Gasteiger partial charge in [0.1, 0.15) is 5.82 Å². The lowest BCUT2D eigenvalue weighted by atomic mass is 10.1. The number of benzene rings is 1. The number of hydrogen-bond acceptors (Lipinski definition) is 3. The molecule has 4 nitrogen and oxygen atoms in total. The number of halogens is 2. The highest BCUT2D eigenvalue weighted by Crippen LogP contribution is 2.25. The molecule has 1 aromatic rings. The van der Waals surface area contributed by atoms with Crippen LogP contribution in [0.1, 0.15) is 16.8 Å². The summed E-state index contributed by atoms with van der Waals surface area (Å²) < 4.78 is 36.7. The highest BCUT2D eigenvalue weighted by Gasteiger charge is 2.35. The molecule has 0 saturated carbocycles. The van der Waals surface area contributed by atoms with Crippen molar-refractivity contribution in [1.82, 2.24) is 4.90 Å². The summed E-state index contributed by atoms with van der Waals surface area (Å²) in [7, 11) is -3.14. The summed E-state index contributed by atoms with van der Waals surface area (Å²) >= 11 is 3.04. The monoisotopic (exact) mass is 373 g/mol. The molecule has 2 rings (SSSR count). The van der Waals surface area contributed by atoms with Gasteiger partial charge in [-0.25, -0.2) is 12.8 Å². The van der Waals surface area contributed by atoms with Crippen LogP contribution < -0.4 is 0 Å². The topological polar surface area (TPSA) is 54.5 Å². The van der Waals surface area contributed by atoms with Crippen LogP contribution in [-0.4, -0.2) is 43.3 Å². The zero-order valence-electron chi connectivity index (χ0n) is 11.1. The molecule has 0 N–H and O–H groups in total. The van der Waals surface area contributed by atoms with E-state index in [0.29, 0.717) is 6.42 Å². The summed E-state index contributed by atoms with van der Waals surface area (Å²) in [6.45, 7) is -0.0119. The Bertz CT molecular complexity index is 711. The summed E-state index contributed by atoms with van der Waals surface area (Å²) in [6.07, 6.45) is 5.62. The maximum absolute atomic E-state index is 13.5. The van der Waals surface area contributed by atoms with Gasteiger partial charge in [-0.1, -0.05) is 12.0 Å². The van der Waals surface area contributed by atoms with Gasteiger partial charge in [-0.3, -0.25) is 4.79 Å². The van der Waals surface area contributed by atoms with Gasteiger partial charge in [0.05, 0.1) is 28.1 Å². The smallest absolute Gasteiger partial charge is 0.256 e. The van der Waals surface area contributed by atoms with E-state index in [1.54, 1.807) is 0 Å². The second-order valence-electron chi connectivity index (χ2n) is 4.80. The molecule has 0 spiro atoms. The average molecular weight is 374 g/mol. The van der Waals surface area contributed by atoms with E-state index in [-0.39, 0.29) is 28.1 Å². The van der Waals surface area contributed by atoms with E-state index in [1.165, 1.54) is 23.1 Å². The first kappa shape index (κ1) is 16.0. The van der Waals surface area contributed by atoms with Gasteiger partial charge in [0.15, 0.2) is 9.84 Å². The minimum absolute atomic E-state index is 0.0119. The van der Waals surface area contributed by atoms with Crippen molar-refractivity contribution in [2.45, 2.75) is 12.5 Å². The minimum atomic E-state index is -3.14. The number of terminal acetylenes is 1. The highest BCUT2D eigenvalue weighted by atomic mass is 79.9.